The zero-order valence-electron chi connectivity index (χ0n) is 13.2. The molecule has 2 saturated heterocycles. The van der Waals surface area contributed by atoms with Crippen LogP contribution in [0, 0.1) is 11.7 Å². The zero-order valence-corrected chi connectivity index (χ0v) is 14.0. The predicted octanol–water partition coefficient (Wildman–Crippen LogP) is 0.980. The van der Waals surface area contributed by atoms with Gasteiger partial charge in [0.2, 0.25) is 16.8 Å². The second-order valence-electron chi connectivity index (χ2n) is 6.24. The first kappa shape index (κ1) is 16.1. The van der Waals surface area contributed by atoms with E-state index in [-0.39, 0.29) is 37.3 Å². The Hall–Kier alpha value is -1.42. The van der Waals surface area contributed by atoms with Gasteiger partial charge < -0.3 is 18.9 Å². The van der Waals surface area contributed by atoms with E-state index >= 15 is 0 Å². The topological polar surface area (TPSA) is 74.3 Å². The second kappa shape index (κ2) is 5.55. The highest BCUT2D eigenvalue weighted by Gasteiger charge is 2.54. The van der Waals surface area contributed by atoms with E-state index in [1.165, 1.54) is 10.4 Å². The Kier molecular flexibility index (Phi) is 3.72. The van der Waals surface area contributed by atoms with Gasteiger partial charge in [0.05, 0.1) is 6.61 Å². The molecule has 0 spiro atoms. The second-order valence-corrected chi connectivity index (χ2v) is 8.11. The van der Waals surface area contributed by atoms with Crippen LogP contribution in [0.25, 0.3) is 0 Å². The van der Waals surface area contributed by atoms with Crippen LogP contribution in [0.3, 0.4) is 0 Å². The van der Waals surface area contributed by atoms with Crippen LogP contribution in [0.15, 0.2) is 17.0 Å². The molecule has 1 aromatic carbocycles. The average molecular weight is 359 g/mol. The van der Waals surface area contributed by atoms with E-state index in [0.717, 1.165) is 12.5 Å². The number of ether oxygens (including phenoxy) is 4. The summed E-state index contributed by atoms with van der Waals surface area (Å²) in [5.74, 6) is -0.645. The van der Waals surface area contributed by atoms with E-state index in [0.29, 0.717) is 13.2 Å². The van der Waals surface area contributed by atoms with Crippen LogP contribution in [-0.2, 0) is 19.5 Å². The molecule has 9 heteroatoms. The van der Waals surface area contributed by atoms with Crippen molar-refractivity contribution in [1.29, 1.82) is 0 Å². The van der Waals surface area contributed by atoms with Gasteiger partial charge in [0, 0.05) is 32.7 Å². The van der Waals surface area contributed by atoms with Gasteiger partial charge >= 0.3 is 0 Å². The van der Waals surface area contributed by atoms with Gasteiger partial charge in [-0.15, -0.1) is 0 Å². The first-order valence-electron chi connectivity index (χ1n) is 7.69. The van der Waals surface area contributed by atoms with Gasteiger partial charge in [0.25, 0.3) is 0 Å². The fourth-order valence-corrected chi connectivity index (χ4v) is 5.48. The molecule has 0 unspecified atom stereocenters. The van der Waals surface area contributed by atoms with Crippen molar-refractivity contribution in [1.82, 2.24) is 4.31 Å². The lowest BCUT2D eigenvalue weighted by molar-refractivity contribution is -0.0553. The van der Waals surface area contributed by atoms with E-state index in [9.17, 15) is 12.8 Å². The first-order valence-corrected chi connectivity index (χ1v) is 9.13. The minimum Gasteiger partial charge on any atom is -0.454 e. The lowest BCUT2D eigenvalue weighted by Gasteiger charge is -2.27. The Morgan fingerprint density at radius 3 is 3.04 bits per heavy atom. The fraction of sp³-hybridized carbons (Fsp3) is 0.600. The molecule has 7 nitrogen and oxygen atoms in total. The summed E-state index contributed by atoms with van der Waals surface area (Å²) in [6.45, 7) is 1.17. The van der Waals surface area contributed by atoms with Crippen molar-refractivity contribution in [2.45, 2.75) is 16.9 Å². The maximum Gasteiger partial charge on any atom is 0.249 e. The summed E-state index contributed by atoms with van der Waals surface area (Å²) in [5, 5.41) is 0. The summed E-state index contributed by atoms with van der Waals surface area (Å²) in [6, 6.07) is 2.45. The van der Waals surface area contributed by atoms with E-state index in [4.69, 9.17) is 18.9 Å². The number of benzene rings is 1. The smallest absolute Gasteiger partial charge is 0.249 e. The highest BCUT2D eigenvalue weighted by atomic mass is 32.2. The Morgan fingerprint density at radius 1 is 1.42 bits per heavy atom. The number of nitrogens with zero attached hydrogens (tertiary/aromatic N) is 1. The molecule has 0 radical (unpaired) electrons. The third-order valence-electron chi connectivity index (χ3n) is 4.90. The summed E-state index contributed by atoms with van der Waals surface area (Å²) < 4.78 is 63.1. The van der Waals surface area contributed by atoms with Gasteiger partial charge in [-0.2, -0.15) is 4.31 Å². The highest BCUT2D eigenvalue weighted by Crippen LogP contribution is 2.45. The van der Waals surface area contributed by atoms with Crippen molar-refractivity contribution in [2.24, 2.45) is 5.92 Å². The molecule has 24 heavy (non-hydrogen) atoms. The summed E-state index contributed by atoms with van der Waals surface area (Å²) in [6.07, 6.45) is 0.754. The molecule has 2 fully saturated rings. The first-order chi connectivity index (χ1) is 11.5. The molecule has 1 aromatic rings. The molecule has 132 valence electrons. The van der Waals surface area contributed by atoms with Crippen molar-refractivity contribution in [3.63, 3.8) is 0 Å². The standard InChI is InChI=1S/C15H18FNO6S/c1-20-8-15-7-17(6-10(15)4-5-23-15)24(18,19)14-11(16)2-3-12-13(14)22-9-21-12/h2-3,10H,4-9H2,1H3/t10-,15-/m1/s1. The van der Waals surface area contributed by atoms with Crippen LogP contribution in [-0.4, -0.2) is 58.5 Å². The van der Waals surface area contributed by atoms with Crippen LogP contribution in [0.1, 0.15) is 6.42 Å². The van der Waals surface area contributed by atoms with Crippen LogP contribution in [0.2, 0.25) is 0 Å². The minimum atomic E-state index is -4.08. The summed E-state index contributed by atoms with van der Waals surface area (Å²) in [4.78, 5) is -0.468. The summed E-state index contributed by atoms with van der Waals surface area (Å²) in [7, 11) is -2.52. The zero-order chi connectivity index (χ0) is 16.9. The van der Waals surface area contributed by atoms with E-state index in [1.54, 1.807) is 7.11 Å². The van der Waals surface area contributed by atoms with E-state index in [2.05, 4.69) is 0 Å². The van der Waals surface area contributed by atoms with E-state index in [1.807, 2.05) is 0 Å². The number of hydrogen-bond donors (Lipinski definition) is 0. The van der Waals surface area contributed by atoms with Crippen LogP contribution in [0.5, 0.6) is 11.5 Å². The van der Waals surface area contributed by atoms with Gasteiger partial charge in [-0.1, -0.05) is 0 Å². The van der Waals surface area contributed by atoms with Crippen molar-refractivity contribution in [3.05, 3.63) is 17.9 Å². The summed E-state index contributed by atoms with van der Waals surface area (Å²) >= 11 is 0. The Morgan fingerprint density at radius 2 is 2.25 bits per heavy atom. The molecule has 0 aliphatic carbocycles. The van der Waals surface area contributed by atoms with Crippen LogP contribution in [0.4, 0.5) is 4.39 Å². The third-order valence-corrected chi connectivity index (χ3v) is 6.75. The average Bonchev–Trinajstić information content (AvgIpc) is 3.19. The number of sulfonamides is 1. The number of fused-ring (bicyclic) bond motifs is 2. The van der Waals surface area contributed by atoms with Gasteiger partial charge in [-0.3, -0.25) is 0 Å². The summed E-state index contributed by atoms with van der Waals surface area (Å²) in [5.41, 5.74) is -0.659. The molecule has 0 amide bonds. The lowest BCUT2D eigenvalue weighted by atomic mass is 9.92. The molecule has 0 saturated carbocycles. The normalized spacial score (nSPS) is 29.2. The molecule has 4 rings (SSSR count). The maximum absolute atomic E-state index is 14.3. The number of rotatable bonds is 4. The van der Waals surface area contributed by atoms with Crippen molar-refractivity contribution in [3.8, 4) is 11.5 Å². The molecule has 0 N–H and O–H groups in total. The SMILES string of the molecule is COC[C@]12CN(S(=O)(=O)c3c(F)ccc4c3OCO4)C[C@H]1CCO2. The largest absolute Gasteiger partial charge is 0.454 e. The molecule has 0 aromatic heterocycles. The lowest BCUT2D eigenvalue weighted by Crippen LogP contribution is -2.42. The number of hydrogen-bond acceptors (Lipinski definition) is 6. The number of methoxy groups -OCH3 is 1. The van der Waals surface area contributed by atoms with Crippen LogP contribution >= 0.6 is 0 Å². The van der Waals surface area contributed by atoms with Gasteiger partial charge in [-0.25, -0.2) is 12.8 Å². The van der Waals surface area contributed by atoms with Crippen LogP contribution < -0.4 is 9.47 Å². The molecule has 3 heterocycles. The Balaban J connectivity index is 1.72. The quantitative estimate of drug-likeness (QED) is 0.798. The number of halogens is 1. The Bertz CT molecular complexity index is 769. The minimum absolute atomic E-state index is 0.0317. The van der Waals surface area contributed by atoms with Crippen molar-refractivity contribution >= 4 is 10.0 Å². The highest BCUT2D eigenvalue weighted by molar-refractivity contribution is 7.89. The molecule has 2 atom stereocenters. The monoisotopic (exact) mass is 359 g/mol. The van der Waals surface area contributed by atoms with Gasteiger partial charge in [0.15, 0.2) is 16.4 Å². The molecular formula is C15H18FNO6S. The fourth-order valence-electron chi connectivity index (χ4n) is 3.75. The third kappa shape index (κ3) is 2.22. The van der Waals surface area contributed by atoms with Crippen molar-refractivity contribution in [2.75, 3.05) is 40.2 Å². The Labute approximate surface area is 139 Å². The molecule has 0 bridgehead atoms. The molecule has 3 aliphatic rings. The molecular weight excluding hydrogens is 341 g/mol. The molecule has 3 aliphatic heterocycles. The van der Waals surface area contributed by atoms with Gasteiger partial charge in [-0.05, 0) is 18.6 Å². The predicted molar refractivity (Wildman–Crippen MR) is 79.9 cm³/mol. The maximum atomic E-state index is 14.3. The van der Waals surface area contributed by atoms with Crippen molar-refractivity contribution < 1.29 is 31.8 Å². The van der Waals surface area contributed by atoms with Gasteiger partial charge in [0.1, 0.15) is 11.4 Å². The van der Waals surface area contributed by atoms with E-state index < -0.39 is 26.3 Å².